The second-order valence-electron chi connectivity index (χ2n) is 6.26. The molecule has 29 heavy (non-hydrogen) atoms. The largest absolute Gasteiger partial charge is 0.382 e. The lowest BCUT2D eigenvalue weighted by atomic mass is 10.3. The lowest BCUT2D eigenvalue weighted by molar-refractivity contribution is -0.127. The van der Waals surface area contributed by atoms with Gasteiger partial charge in [0.05, 0.1) is 4.90 Å². The fraction of sp³-hybridized carbons (Fsp3) is 0.412. The van der Waals surface area contributed by atoms with Gasteiger partial charge in [0.15, 0.2) is 5.82 Å². The minimum atomic E-state index is -3.66. The highest BCUT2D eigenvalue weighted by molar-refractivity contribution is 7.89. The smallest absolute Gasteiger partial charge is 0.269 e. The van der Waals surface area contributed by atoms with Crippen molar-refractivity contribution in [3.8, 4) is 0 Å². The van der Waals surface area contributed by atoms with Crippen LogP contribution in [0.4, 0.5) is 5.82 Å². The van der Waals surface area contributed by atoms with E-state index in [1.54, 1.807) is 32.9 Å². The fourth-order valence-corrected chi connectivity index (χ4v) is 4.16. The van der Waals surface area contributed by atoms with Crippen LogP contribution in [0.2, 0.25) is 0 Å². The van der Waals surface area contributed by atoms with Gasteiger partial charge in [-0.2, -0.15) is 4.31 Å². The summed E-state index contributed by atoms with van der Waals surface area (Å²) in [5, 5.41) is 14.0. The first kappa shape index (κ1) is 20.7. The van der Waals surface area contributed by atoms with E-state index in [1.807, 2.05) is 0 Å². The molecule has 0 saturated carbocycles. The van der Waals surface area contributed by atoms with Crippen LogP contribution >= 0.6 is 0 Å². The molecule has 0 spiro atoms. The zero-order chi connectivity index (χ0) is 21.2. The van der Waals surface area contributed by atoms with Gasteiger partial charge in [0, 0.05) is 19.2 Å². The minimum Gasteiger partial charge on any atom is -0.382 e. The Morgan fingerprint density at radius 3 is 2.66 bits per heavy atom. The van der Waals surface area contributed by atoms with E-state index >= 15 is 0 Å². The summed E-state index contributed by atoms with van der Waals surface area (Å²) in [6.07, 6.45) is -0.958. The Morgan fingerprint density at radius 1 is 1.31 bits per heavy atom. The summed E-state index contributed by atoms with van der Waals surface area (Å²) >= 11 is 0. The van der Waals surface area contributed by atoms with Crippen LogP contribution in [0.15, 0.2) is 33.7 Å². The number of benzene rings is 1. The molecule has 0 radical (unpaired) electrons. The van der Waals surface area contributed by atoms with Crippen molar-refractivity contribution in [2.24, 2.45) is 0 Å². The van der Waals surface area contributed by atoms with Gasteiger partial charge in [-0.3, -0.25) is 4.79 Å². The van der Waals surface area contributed by atoms with Gasteiger partial charge >= 0.3 is 0 Å². The summed E-state index contributed by atoms with van der Waals surface area (Å²) in [7, 11) is -3.66. The second kappa shape index (κ2) is 8.17. The van der Waals surface area contributed by atoms with E-state index in [2.05, 4.69) is 20.8 Å². The van der Waals surface area contributed by atoms with Gasteiger partial charge in [-0.15, -0.1) is 5.10 Å². The molecule has 0 aliphatic carbocycles. The summed E-state index contributed by atoms with van der Waals surface area (Å²) in [6.45, 7) is 7.46. The Labute approximate surface area is 167 Å². The highest BCUT2D eigenvalue weighted by Gasteiger charge is 2.24. The molecule has 1 atom stereocenters. The first-order chi connectivity index (χ1) is 13.8. The normalized spacial score (nSPS) is 13.0. The van der Waals surface area contributed by atoms with Crippen molar-refractivity contribution in [3.63, 3.8) is 0 Å². The zero-order valence-corrected chi connectivity index (χ0v) is 17.3. The molecular formula is C17H22N6O5S. The van der Waals surface area contributed by atoms with Crippen LogP contribution in [0.25, 0.3) is 11.0 Å². The number of carbonyl (C=O) groups excluding carboxylic acids is 1. The highest BCUT2D eigenvalue weighted by Crippen LogP contribution is 2.20. The first-order valence-corrected chi connectivity index (χ1v) is 10.5. The molecule has 0 aliphatic rings. The van der Waals surface area contributed by atoms with Gasteiger partial charge in [-0.1, -0.05) is 23.8 Å². The van der Waals surface area contributed by atoms with E-state index in [9.17, 15) is 13.2 Å². The summed E-state index contributed by atoms with van der Waals surface area (Å²) in [6, 6.07) is 6.01. The van der Waals surface area contributed by atoms with Crippen molar-refractivity contribution < 1.29 is 22.6 Å². The van der Waals surface area contributed by atoms with Crippen LogP contribution in [0.3, 0.4) is 0 Å². The van der Waals surface area contributed by atoms with Crippen molar-refractivity contribution in [1.29, 1.82) is 0 Å². The number of aryl methyl sites for hydroxylation is 1. The molecule has 2 aromatic heterocycles. The fourth-order valence-electron chi connectivity index (χ4n) is 2.68. The van der Waals surface area contributed by atoms with Gasteiger partial charge in [0.2, 0.25) is 16.1 Å². The van der Waals surface area contributed by atoms with E-state index in [1.165, 1.54) is 23.4 Å². The SMILES string of the molecule is CCN(CC)S(=O)(=O)c1ccc2nnn(OC(C)C(=O)Nc3cc(C)on3)c2c1. The number of amides is 1. The lowest BCUT2D eigenvalue weighted by Gasteiger charge is -2.18. The quantitative estimate of drug-likeness (QED) is 0.573. The molecule has 11 nitrogen and oxygen atoms in total. The number of nitrogens with zero attached hydrogens (tertiary/aromatic N) is 5. The molecule has 1 unspecified atom stereocenters. The van der Waals surface area contributed by atoms with Gasteiger partial charge < -0.3 is 14.7 Å². The van der Waals surface area contributed by atoms with Crippen LogP contribution in [0.5, 0.6) is 0 Å². The monoisotopic (exact) mass is 422 g/mol. The Hall–Kier alpha value is -2.99. The number of nitrogens with one attached hydrogen (secondary N) is 1. The van der Waals surface area contributed by atoms with E-state index in [0.717, 1.165) is 4.85 Å². The molecular weight excluding hydrogens is 400 g/mol. The number of sulfonamides is 1. The van der Waals surface area contributed by atoms with Gasteiger partial charge in [0.1, 0.15) is 16.8 Å². The third-order valence-electron chi connectivity index (χ3n) is 4.24. The molecule has 0 aliphatic heterocycles. The van der Waals surface area contributed by atoms with Crippen LogP contribution < -0.4 is 10.2 Å². The van der Waals surface area contributed by atoms with Crippen LogP contribution in [-0.4, -0.2) is 58.1 Å². The Morgan fingerprint density at radius 2 is 2.03 bits per heavy atom. The van der Waals surface area contributed by atoms with E-state index < -0.39 is 22.0 Å². The third-order valence-corrected chi connectivity index (χ3v) is 6.28. The number of aromatic nitrogens is 4. The predicted octanol–water partition coefficient (Wildman–Crippen LogP) is 1.21. The number of hydrogen-bond acceptors (Lipinski definition) is 8. The van der Waals surface area contributed by atoms with Gasteiger partial charge in [0.25, 0.3) is 5.91 Å². The molecule has 0 bridgehead atoms. The number of carbonyl (C=O) groups is 1. The molecule has 0 saturated heterocycles. The molecule has 3 aromatic rings. The standard InChI is InChI=1S/C17H22N6O5S/c1-5-22(6-2)29(25,26)13-7-8-14-15(10-13)23(21-19-14)28-12(4)17(24)18-16-9-11(3)27-20-16/h7-10,12H,5-6H2,1-4H3,(H,18,20,24). The average molecular weight is 422 g/mol. The highest BCUT2D eigenvalue weighted by atomic mass is 32.2. The van der Waals surface area contributed by atoms with Crippen LogP contribution in [0, 0.1) is 6.92 Å². The molecule has 1 aromatic carbocycles. The van der Waals surface area contributed by atoms with E-state index in [0.29, 0.717) is 29.9 Å². The third kappa shape index (κ3) is 4.22. The maximum absolute atomic E-state index is 12.8. The number of hydrogen-bond donors (Lipinski definition) is 1. The van der Waals surface area contributed by atoms with Crippen LogP contribution in [0.1, 0.15) is 26.5 Å². The van der Waals surface area contributed by atoms with E-state index in [-0.39, 0.29) is 10.7 Å². The second-order valence-corrected chi connectivity index (χ2v) is 8.20. The zero-order valence-electron chi connectivity index (χ0n) is 16.5. The number of anilines is 1. The van der Waals surface area contributed by atoms with Crippen molar-refractivity contribution in [2.45, 2.75) is 38.7 Å². The summed E-state index contributed by atoms with van der Waals surface area (Å²) in [5.74, 6) is 0.339. The van der Waals surface area contributed by atoms with Crippen molar-refractivity contribution >= 4 is 32.8 Å². The van der Waals surface area contributed by atoms with Gasteiger partial charge in [-0.25, -0.2) is 8.42 Å². The summed E-state index contributed by atoms with van der Waals surface area (Å²) in [5.41, 5.74) is 0.762. The maximum atomic E-state index is 12.8. The molecule has 12 heteroatoms. The Balaban J connectivity index is 1.83. The average Bonchev–Trinajstić information content (AvgIpc) is 3.28. The van der Waals surface area contributed by atoms with E-state index in [4.69, 9.17) is 9.36 Å². The van der Waals surface area contributed by atoms with Gasteiger partial charge in [-0.05, 0) is 37.3 Å². The van der Waals surface area contributed by atoms with Crippen molar-refractivity contribution in [2.75, 3.05) is 18.4 Å². The maximum Gasteiger partial charge on any atom is 0.269 e. The number of fused-ring (bicyclic) bond motifs is 1. The Bertz CT molecular complexity index is 1120. The Kier molecular flexibility index (Phi) is 5.84. The minimum absolute atomic E-state index is 0.0935. The molecule has 1 N–H and O–H groups in total. The topological polar surface area (TPSA) is 132 Å². The first-order valence-electron chi connectivity index (χ1n) is 9.03. The lowest BCUT2D eigenvalue weighted by Crippen LogP contribution is -2.35. The van der Waals surface area contributed by atoms with Crippen LogP contribution in [-0.2, 0) is 14.8 Å². The molecule has 156 valence electrons. The van der Waals surface area contributed by atoms with Crippen molar-refractivity contribution in [3.05, 3.63) is 30.0 Å². The summed E-state index contributed by atoms with van der Waals surface area (Å²) in [4.78, 5) is 19.0. The molecule has 0 fully saturated rings. The number of rotatable bonds is 8. The molecule has 3 rings (SSSR count). The summed E-state index contributed by atoms with van der Waals surface area (Å²) < 4.78 is 31.8. The molecule has 2 heterocycles. The predicted molar refractivity (Wildman–Crippen MR) is 104 cm³/mol. The van der Waals surface area contributed by atoms with Crippen molar-refractivity contribution in [1.82, 2.24) is 24.6 Å². The molecule has 1 amide bonds.